The van der Waals surface area contributed by atoms with Gasteiger partial charge in [-0.2, -0.15) is 0 Å². The van der Waals surface area contributed by atoms with Gasteiger partial charge in [0.25, 0.3) is 0 Å². The van der Waals surface area contributed by atoms with Crippen molar-refractivity contribution in [3.05, 3.63) is 0 Å². The van der Waals surface area contributed by atoms with Gasteiger partial charge in [-0.05, 0) is 55.8 Å². The van der Waals surface area contributed by atoms with Gasteiger partial charge in [0.2, 0.25) is 17.7 Å². The number of likely N-dealkylation sites (tertiary alicyclic amines) is 1. The number of carboxylic acids is 1. The van der Waals surface area contributed by atoms with Crippen LogP contribution in [-0.4, -0.2) is 98.5 Å². The number of hydrogen-bond acceptors (Lipinski definition) is 7. The van der Waals surface area contributed by atoms with Crippen molar-refractivity contribution < 1.29 is 38.5 Å². The largest absolute Gasteiger partial charge is 0.481 e. The Hall–Kier alpha value is -2.24. The van der Waals surface area contributed by atoms with Gasteiger partial charge in [-0.15, -0.1) is 0 Å². The van der Waals surface area contributed by atoms with Crippen molar-refractivity contribution in [2.24, 2.45) is 23.7 Å². The van der Waals surface area contributed by atoms with Crippen LogP contribution in [0, 0.1) is 23.7 Å². The predicted octanol–water partition coefficient (Wildman–Crippen LogP) is 6.76. The molecule has 5 unspecified atom stereocenters. The number of carbonyl (C=O) groups excluding carboxylic acids is 3. The first kappa shape index (κ1) is 46.8. The number of hydrogen-bond donors (Lipinski definition) is 3. The Morgan fingerprint density at radius 2 is 1.27 bits per heavy atom. The zero-order valence-corrected chi connectivity index (χ0v) is 33.2. The molecule has 0 bridgehead atoms. The second kappa shape index (κ2) is 29.2. The molecule has 1 heterocycles. The van der Waals surface area contributed by atoms with Gasteiger partial charge < -0.3 is 34.9 Å². The lowest BCUT2D eigenvalue weighted by molar-refractivity contribution is -0.140. The van der Waals surface area contributed by atoms with Crippen LogP contribution in [0.15, 0.2) is 0 Å². The highest BCUT2D eigenvalue weighted by atomic mass is 16.5. The van der Waals surface area contributed by atoms with E-state index in [2.05, 4.69) is 52.2 Å². The molecule has 11 heteroatoms. The van der Waals surface area contributed by atoms with Gasteiger partial charge in [-0.1, -0.05) is 99.3 Å². The third kappa shape index (κ3) is 23.8. The zero-order valence-electron chi connectivity index (χ0n) is 33.2. The first-order chi connectivity index (χ1) is 24.4. The molecule has 298 valence electrons. The van der Waals surface area contributed by atoms with Crippen LogP contribution in [0.1, 0.15) is 144 Å². The normalized spacial score (nSPS) is 16.9. The molecule has 0 aliphatic carbocycles. The van der Waals surface area contributed by atoms with Crippen molar-refractivity contribution in [1.29, 1.82) is 0 Å². The molecular formula is C40H75N3O8. The molecule has 3 amide bonds. The summed E-state index contributed by atoms with van der Waals surface area (Å²) in [4.78, 5) is 52.6. The number of carboxylic acid groups (broad SMARTS) is 1. The first-order valence-corrected chi connectivity index (χ1v) is 20.3. The number of ether oxygens (including phenoxy) is 3. The molecule has 51 heavy (non-hydrogen) atoms. The summed E-state index contributed by atoms with van der Waals surface area (Å²) >= 11 is 0. The standard InChI is InChI=1S/C40H75N3O8/c1-7-24-49-26-28-51-29-27-50-25-12-22-41-39(47)35(20-21-38(45)46)42-40(48)36-19-11-23-43(36)37(44)30-34(6)18-10-17-33(5)16-9-15-32(4)14-8-13-31(2)3/h31-36H,7-30H2,1-6H3,(H,41,47)(H,42,48)(H,45,46). The second-order valence-corrected chi connectivity index (χ2v) is 15.4. The first-order valence-electron chi connectivity index (χ1n) is 20.3. The molecule has 1 aliphatic rings. The number of amides is 3. The Kier molecular flexibility index (Phi) is 26.8. The lowest BCUT2D eigenvalue weighted by Gasteiger charge is -2.27. The lowest BCUT2D eigenvalue weighted by atomic mass is 9.90. The van der Waals surface area contributed by atoms with E-state index in [1.165, 1.54) is 44.9 Å². The van der Waals surface area contributed by atoms with E-state index in [9.17, 15) is 24.3 Å². The summed E-state index contributed by atoms with van der Waals surface area (Å²) in [7, 11) is 0. The molecule has 3 N–H and O–H groups in total. The van der Waals surface area contributed by atoms with E-state index in [0.29, 0.717) is 71.3 Å². The summed E-state index contributed by atoms with van der Waals surface area (Å²) in [5.41, 5.74) is 0. The smallest absolute Gasteiger partial charge is 0.303 e. The van der Waals surface area contributed by atoms with Crippen LogP contribution in [0.4, 0.5) is 0 Å². The minimum Gasteiger partial charge on any atom is -0.481 e. The van der Waals surface area contributed by atoms with Gasteiger partial charge in [0, 0.05) is 39.1 Å². The van der Waals surface area contributed by atoms with Crippen LogP contribution in [-0.2, 0) is 33.4 Å². The minimum atomic E-state index is -1.04. The molecular weight excluding hydrogens is 650 g/mol. The van der Waals surface area contributed by atoms with Crippen molar-refractivity contribution in [3.8, 4) is 0 Å². The molecule has 0 saturated carbocycles. The van der Waals surface area contributed by atoms with Crippen molar-refractivity contribution in [1.82, 2.24) is 15.5 Å². The monoisotopic (exact) mass is 726 g/mol. The maximum absolute atomic E-state index is 13.4. The van der Waals surface area contributed by atoms with E-state index in [0.717, 1.165) is 44.1 Å². The summed E-state index contributed by atoms with van der Waals surface area (Å²) in [6.45, 7) is 17.5. The minimum absolute atomic E-state index is 0.0265. The van der Waals surface area contributed by atoms with E-state index >= 15 is 0 Å². The van der Waals surface area contributed by atoms with E-state index in [1.54, 1.807) is 4.90 Å². The Labute approximate surface area is 310 Å². The zero-order chi connectivity index (χ0) is 37.9. The third-order valence-electron chi connectivity index (χ3n) is 9.80. The van der Waals surface area contributed by atoms with Gasteiger partial charge in [0.1, 0.15) is 12.1 Å². The topological polar surface area (TPSA) is 144 Å². The molecule has 1 saturated heterocycles. The van der Waals surface area contributed by atoms with Gasteiger partial charge in [-0.25, -0.2) is 0 Å². The van der Waals surface area contributed by atoms with Crippen molar-refractivity contribution in [3.63, 3.8) is 0 Å². The van der Waals surface area contributed by atoms with Crippen LogP contribution >= 0.6 is 0 Å². The molecule has 0 spiro atoms. The van der Waals surface area contributed by atoms with Crippen molar-refractivity contribution in [2.45, 2.75) is 156 Å². The molecule has 0 radical (unpaired) electrons. The quantitative estimate of drug-likeness (QED) is 0.0646. The molecule has 1 aliphatic heterocycles. The number of rotatable bonds is 32. The van der Waals surface area contributed by atoms with Crippen LogP contribution in [0.25, 0.3) is 0 Å². The van der Waals surface area contributed by atoms with Gasteiger partial charge in [0.05, 0.1) is 26.4 Å². The Bertz CT molecular complexity index is 949. The highest BCUT2D eigenvalue weighted by Gasteiger charge is 2.36. The lowest BCUT2D eigenvalue weighted by Crippen LogP contribution is -2.53. The molecule has 0 aromatic rings. The summed E-state index contributed by atoms with van der Waals surface area (Å²) in [5, 5.41) is 14.8. The fourth-order valence-corrected chi connectivity index (χ4v) is 6.65. The fraction of sp³-hybridized carbons (Fsp3) is 0.900. The maximum atomic E-state index is 13.4. The molecule has 1 fully saturated rings. The fourth-order valence-electron chi connectivity index (χ4n) is 6.65. The maximum Gasteiger partial charge on any atom is 0.303 e. The summed E-state index contributed by atoms with van der Waals surface area (Å²) < 4.78 is 16.3. The average Bonchev–Trinajstić information content (AvgIpc) is 3.57. The Morgan fingerprint density at radius 1 is 0.725 bits per heavy atom. The van der Waals surface area contributed by atoms with Gasteiger partial charge in [-0.3, -0.25) is 19.2 Å². The van der Waals surface area contributed by atoms with Crippen LogP contribution in [0.2, 0.25) is 0 Å². The number of nitrogens with one attached hydrogen (secondary N) is 2. The summed E-state index contributed by atoms with van der Waals surface area (Å²) in [6, 6.07) is -1.64. The van der Waals surface area contributed by atoms with Crippen LogP contribution < -0.4 is 10.6 Å². The van der Waals surface area contributed by atoms with E-state index in [1.807, 2.05) is 0 Å². The van der Waals surface area contributed by atoms with Crippen LogP contribution in [0.3, 0.4) is 0 Å². The average molecular weight is 726 g/mol. The predicted molar refractivity (Wildman–Crippen MR) is 202 cm³/mol. The molecule has 5 atom stereocenters. The number of aliphatic carboxylic acids is 1. The van der Waals surface area contributed by atoms with Gasteiger partial charge in [0.15, 0.2) is 0 Å². The molecule has 0 aromatic carbocycles. The number of carbonyl (C=O) groups is 4. The SMILES string of the molecule is CCCOCCOCCOCCCNC(=O)C(CCC(=O)O)NC(=O)C1CCCN1C(=O)CC(C)CCCC(C)CCCC(C)CCCC(C)C. The molecule has 11 nitrogen and oxygen atoms in total. The molecule has 1 rings (SSSR count). The Balaban J connectivity index is 2.41. The van der Waals surface area contributed by atoms with Crippen molar-refractivity contribution >= 4 is 23.7 Å². The highest BCUT2D eigenvalue weighted by molar-refractivity contribution is 5.92. The van der Waals surface area contributed by atoms with E-state index in [-0.39, 0.29) is 24.7 Å². The van der Waals surface area contributed by atoms with Crippen LogP contribution in [0.5, 0.6) is 0 Å². The second-order valence-electron chi connectivity index (χ2n) is 15.4. The Morgan fingerprint density at radius 3 is 1.84 bits per heavy atom. The van der Waals surface area contributed by atoms with Gasteiger partial charge >= 0.3 is 5.97 Å². The van der Waals surface area contributed by atoms with E-state index < -0.39 is 29.9 Å². The highest BCUT2D eigenvalue weighted by Crippen LogP contribution is 2.25. The van der Waals surface area contributed by atoms with E-state index in [4.69, 9.17) is 14.2 Å². The molecule has 0 aromatic heterocycles. The number of nitrogens with zero attached hydrogens (tertiary/aromatic N) is 1. The third-order valence-corrected chi connectivity index (χ3v) is 9.80. The van der Waals surface area contributed by atoms with Crippen molar-refractivity contribution in [2.75, 3.05) is 52.7 Å². The summed E-state index contributed by atoms with van der Waals surface area (Å²) in [6.07, 6.45) is 14.0. The summed E-state index contributed by atoms with van der Waals surface area (Å²) in [5.74, 6) is 0.610.